The van der Waals surface area contributed by atoms with E-state index in [1.807, 2.05) is 0 Å². The van der Waals surface area contributed by atoms with Crippen molar-refractivity contribution in [3.63, 3.8) is 0 Å². The van der Waals surface area contributed by atoms with Crippen LogP contribution in [0.2, 0.25) is 5.02 Å². The maximum Gasteiger partial charge on any atom is 0.432 e. The smallest absolute Gasteiger partial charge is 0.320 e. The van der Waals surface area contributed by atoms with Crippen molar-refractivity contribution < 1.29 is 9.63 Å². The number of fused-ring (bicyclic) bond motifs is 1. The van der Waals surface area contributed by atoms with Gasteiger partial charge in [-0.25, -0.2) is 4.79 Å². The topological polar surface area (TPSA) is 60.3 Å². The van der Waals surface area contributed by atoms with Gasteiger partial charge in [-0.05, 0) is 24.6 Å². The van der Waals surface area contributed by atoms with Crippen LogP contribution < -0.4 is 15.0 Å². The molecule has 1 heterocycles. The van der Waals surface area contributed by atoms with Crippen molar-refractivity contribution >= 4 is 39.2 Å². The molecule has 0 saturated heterocycles. The molecule has 120 valence electrons. The lowest BCUT2D eigenvalue weighted by atomic mass is 10.1. The average Bonchev–Trinajstić information content (AvgIpc) is 2.79. The van der Waals surface area contributed by atoms with E-state index in [9.17, 15) is 9.59 Å². The monoisotopic (exact) mass is 342 g/mol. The first kappa shape index (κ1) is 16.8. The van der Waals surface area contributed by atoms with Gasteiger partial charge in [0.05, 0.1) is 4.70 Å². The molecule has 5 nitrogen and oxygen atoms in total. The summed E-state index contributed by atoms with van der Waals surface area (Å²) >= 11 is 6.92. The second-order valence-electron chi connectivity index (χ2n) is 4.99. The van der Waals surface area contributed by atoms with E-state index in [4.69, 9.17) is 16.4 Å². The Balaban J connectivity index is 1.90. The number of hydrogen-bond acceptors (Lipinski definition) is 4. The van der Waals surface area contributed by atoms with Gasteiger partial charge < -0.3 is 10.2 Å². The van der Waals surface area contributed by atoms with Crippen LogP contribution in [0, 0.1) is 0 Å². The van der Waals surface area contributed by atoms with E-state index < -0.39 is 6.09 Å². The minimum atomic E-state index is -0.628. The van der Waals surface area contributed by atoms with E-state index in [0.29, 0.717) is 17.1 Å². The van der Waals surface area contributed by atoms with Crippen LogP contribution in [0.1, 0.15) is 39.0 Å². The fraction of sp³-hybridized carbons (Fsp3) is 0.467. The third kappa shape index (κ3) is 4.48. The number of thiazole rings is 1. The number of halogens is 1. The van der Waals surface area contributed by atoms with E-state index in [1.165, 1.54) is 19.3 Å². The first-order valence-corrected chi connectivity index (χ1v) is 8.58. The van der Waals surface area contributed by atoms with E-state index in [2.05, 4.69) is 12.2 Å². The minimum absolute atomic E-state index is 0.352. The van der Waals surface area contributed by atoms with Crippen LogP contribution in [0.5, 0.6) is 0 Å². The van der Waals surface area contributed by atoms with Crippen molar-refractivity contribution in [1.29, 1.82) is 0 Å². The molecule has 0 aliphatic rings. The average molecular weight is 343 g/mol. The molecular weight excluding hydrogens is 324 g/mol. The minimum Gasteiger partial charge on any atom is -0.320 e. The van der Waals surface area contributed by atoms with Crippen LogP contribution in [0.3, 0.4) is 0 Å². The molecule has 2 aromatic rings. The van der Waals surface area contributed by atoms with Crippen molar-refractivity contribution in [2.75, 3.05) is 6.54 Å². The Morgan fingerprint density at radius 1 is 1.32 bits per heavy atom. The predicted octanol–water partition coefficient (Wildman–Crippen LogP) is 3.83. The number of hydrogen-bond donors (Lipinski definition) is 1. The van der Waals surface area contributed by atoms with Gasteiger partial charge in [0.2, 0.25) is 0 Å². The first-order valence-electron chi connectivity index (χ1n) is 7.39. The molecule has 0 aliphatic carbocycles. The van der Waals surface area contributed by atoms with E-state index in [-0.39, 0.29) is 4.87 Å². The quantitative estimate of drug-likeness (QED) is 0.778. The summed E-state index contributed by atoms with van der Waals surface area (Å²) in [6, 6.07) is 5.03. The largest absolute Gasteiger partial charge is 0.432 e. The molecule has 7 heteroatoms. The van der Waals surface area contributed by atoms with Gasteiger partial charge in [0, 0.05) is 11.6 Å². The van der Waals surface area contributed by atoms with Crippen LogP contribution >= 0.6 is 22.9 Å². The van der Waals surface area contributed by atoms with Crippen LogP contribution in [0.25, 0.3) is 10.2 Å². The fourth-order valence-corrected chi connectivity index (χ4v) is 3.05. The molecule has 1 aromatic carbocycles. The normalized spacial score (nSPS) is 10.8. The molecule has 1 amide bonds. The van der Waals surface area contributed by atoms with Crippen molar-refractivity contribution in [3.05, 3.63) is 32.9 Å². The van der Waals surface area contributed by atoms with Crippen LogP contribution in [-0.4, -0.2) is 17.4 Å². The number of amides is 1. The Bertz CT molecular complexity index is 696. The lowest BCUT2D eigenvalue weighted by Crippen LogP contribution is -2.36. The summed E-state index contributed by atoms with van der Waals surface area (Å²) in [4.78, 5) is 28.4. The number of benzene rings is 1. The van der Waals surface area contributed by atoms with Crippen LogP contribution in [0.15, 0.2) is 23.0 Å². The van der Waals surface area contributed by atoms with Gasteiger partial charge in [-0.2, -0.15) is 0 Å². The molecule has 0 aliphatic heterocycles. The summed E-state index contributed by atoms with van der Waals surface area (Å²) in [5, 5.41) is 3.14. The highest BCUT2D eigenvalue weighted by atomic mass is 35.5. The van der Waals surface area contributed by atoms with E-state index in [1.54, 1.807) is 18.2 Å². The van der Waals surface area contributed by atoms with Gasteiger partial charge in [0.25, 0.3) is 0 Å². The molecule has 0 atom stereocenters. The molecule has 1 N–H and O–H groups in total. The Morgan fingerprint density at radius 3 is 2.86 bits per heavy atom. The lowest BCUT2D eigenvalue weighted by molar-refractivity contribution is 0.136. The van der Waals surface area contributed by atoms with E-state index >= 15 is 0 Å². The van der Waals surface area contributed by atoms with Crippen molar-refractivity contribution in [1.82, 2.24) is 10.0 Å². The number of aromatic nitrogens is 1. The summed E-state index contributed by atoms with van der Waals surface area (Å²) in [6.45, 7) is 2.70. The highest BCUT2D eigenvalue weighted by Crippen LogP contribution is 2.20. The van der Waals surface area contributed by atoms with Crippen molar-refractivity contribution in [2.24, 2.45) is 0 Å². The van der Waals surface area contributed by atoms with E-state index in [0.717, 1.165) is 33.6 Å². The Hall–Kier alpha value is -1.53. The van der Waals surface area contributed by atoms with Gasteiger partial charge in [0.1, 0.15) is 5.52 Å². The highest BCUT2D eigenvalue weighted by Gasteiger charge is 2.12. The van der Waals surface area contributed by atoms with Crippen LogP contribution in [-0.2, 0) is 0 Å². The van der Waals surface area contributed by atoms with Gasteiger partial charge in [-0.1, -0.05) is 55.5 Å². The zero-order valence-electron chi connectivity index (χ0n) is 12.4. The Labute approximate surface area is 137 Å². The zero-order valence-corrected chi connectivity index (χ0v) is 14.0. The molecule has 0 spiro atoms. The van der Waals surface area contributed by atoms with Gasteiger partial charge in [-0.15, -0.1) is 4.73 Å². The summed E-state index contributed by atoms with van der Waals surface area (Å²) in [6.07, 6.45) is 4.91. The summed E-state index contributed by atoms with van der Waals surface area (Å²) in [5.41, 5.74) is 0.501. The number of carbonyl (C=O) groups excluding carboxylic acids is 1. The Morgan fingerprint density at radius 2 is 2.09 bits per heavy atom. The third-order valence-corrected chi connectivity index (χ3v) is 4.37. The SMILES string of the molecule is CCCCCCCNC(=O)On1c(=O)sc2ccc(Cl)cc21. The molecular formula is C15H19ClN2O3S. The van der Waals surface area contributed by atoms with Crippen molar-refractivity contribution in [2.45, 2.75) is 39.0 Å². The van der Waals surface area contributed by atoms with Gasteiger partial charge >= 0.3 is 11.0 Å². The van der Waals surface area contributed by atoms with Gasteiger partial charge in [-0.3, -0.25) is 4.79 Å². The maximum absolute atomic E-state index is 11.9. The fourth-order valence-electron chi connectivity index (χ4n) is 2.09. The second-order valence-corrected chi connectivity index (χ2v) is 6.42. The standard InChI is InChI=1S/C15H19ClN2O3S/c1-2-3-4-5-6-9-17-14(19)21-18-12-10-11(16)7-8-13(12)22-15(18)20/h7-8,10H,2-6,9H2,1H3,(H,17,19). The maximum atomic E-state index is 11.9. The highest BCUT2D eigenvalue weighted by molar-refractivity contribution is 7.16. The lowest BCUT2D eigenvalue weighted by Gasteiger charge is -2.06. The summed E-state index contributed by atoms with van der Waals surface area (Å²) < 4.78 is 1.71. The number of nitrogens with zero attached hydrogens (tertiary/aromatic N) is 1. The Kier molecular flexibility index (Phi) is 6.27. The summed E-state index contributed by atoms with van der Waals surface area (Å²) in [7, 11) is 0. The number of nitrogens with one attached hydrogen (secondary N) is 1. The number of unbranched alkanes of at least 4 members (excludes halogenated alkanes) is 4. The molecule has 0 unspecified atom stereocenters. The summed E-state index contributed by atoms with van der Waals surface area (Å²) in [5.74, 6) is 0. The van der Waals surface area contributed by atoms with Crippen molar-refractivity contribution in [3.8, 4) is 0 Å². The molecule has 0 saturated carbocycles. The molecule has 0 bridgehead atoms. The molecule has 0 radical (unpaired) electrons. The molecule has 2 rings (SSSR count). The molecule has 1 aromatic heterocycles. The predicted molar refractivity (Wildman–Crippen MR) is 89.8 cm³/mol. The molecule has 22 heavy (non-hydrogen) atoms. The zero-order chi connectivity index (χ0) is 15.9. The van der Waals surface area contributed by atoms with Gasteiger partial charge in [0.15, 0.2) is 0 Å². The number of rotatable bonds is 7. The van der Waals surface area contributed by atoms with Crippen LogP contribution in [0.4, 0.5) is 4.79 Å². The second kappa shape index (κ2) is 8.19. The third-order valence-electron chi connectivity index (χ3n) is 3.23. The first-order chi connectivity index (χ1) is 10.6. The molecule has 0 fully saturated rings. The number of carbonyl (C=O) groups is 1.